The smallest absolute Gasteiger partial charge is 0.233 e. The summed E-state index contributed by atoms with van der Waals surface area (Å²) in [7, 11) is 0. The van der Waals surface area contributed by atoms with Gasteiger partial charge in [-0.1, -0.05) is 37.4 Å². The molecule has 0 radical (unpaired) electrons. The van der Waals surface area contributed by atoms with Gasteiger partial charge in [0.15, 0.2) is 0 Å². The summed E-state index contributed by atoms with van der Waals surface area (Å²) in [5, 5.41) is 13.0. The molecule has 3 fully saturated rings. The van der Waals surface area contributed by atoms with Crippen LogP contribution < -0.4 is 0 Å². The zero-order chi connectivity index (χ0) is 16.4. The fourth-order valence-corrected chi connectivity index (χ4v) is 5.63. The monoisotopic (exact) mass is 349 g/mol. The molecule has 3 aliphatic rings. The van der Waals surface area contributed by atoms with E-state index in [4.69, 9.17) is 0 Å². The SMILES string of the molecule is O=C(CSc1nnnn1C1CCCC1)N1CCC[C@H]2CCCC[C@@H]21. The molecule has 0 unspecified atom stereocenters. The molecule has 132 valence electrons. The summed E-state index contributed by atoms with van der Waals surface area (Å²) in [5.41, 5.74) is 0. The fourth-order valence-electron chi connectivity index (χ4n) is 4.80. The number of hydrogen-bond acceptors (Lipinski definition) is 5. The second-order valence-electron chi connectivity index (χ2n) is 7.47. The second-order valence-corrected chi connectivity index (χ2v) is 8.42. The quantitative estimate of drug-likeness (QED) is 0.782. The van der Waals surface area contributed by atoms with Crippen LogP contribution in [-0.4, -0.2) is 49.4 Å². The van der Waals surface area contributed by atoms with Crippen molar-refractivity contribution in [3.8, 4) is 0 Å². The molecule has 2 heterocycles. The van der Waals surface area contributed by atoms with Crippen LogP contribution in [0.5, 0.6) is 0 Å². The molecule has 1 saturated heterocycles. The van der Waals surface area contributed by atoms with Crippen molar-refractivity contribution in [2.24, 2.45) is 5.92 Å². The standard InChI is InChI=1S/C17H27N5OS/c23-16(21-11-5-7-13-6-1-4-10-15(13)21)12-24-17-18-19-20-22(17)14-8-2-3-9-14/h13-15H,1-12H2/t13-,15+/m1/s1. The molecule has 7 heteroatoms. The van der Waals surface area contributed by atoms with Crippen LogP contribution in [0.4, 0.5) is 0 Å². The topological polar surface area (TPSA) is 63.9 Å². The number of carbonyl (C=O) groups is 1. The van der Waals surface area contributed by atoms with Gasteiger partial charge in [0.2, 0.25) is 11.1 Å². The number of amides is 1. The summed E-state index contributed by atoms with van der Waals surface area (Å²) in [6, 6.07) is 0.918. The predicted molar refractivity (Wildman–Crippen MR) is 92.7 cm³/mol. The summed E-state index contributed by atoms with van der Waals surface area (Å²) in [6.45, 7) is 0.939. The number of likely N-dealkylation sites (tertiary alicyclic amines) is 1. The van der Waals surface area contributed by atoms with E-state index in [1.807, 2.05) is 4.68 Å². The zero-order valence-corrected chi connectivity index (χ0v) is 15.1. The first-order chi connectivity index (χ1) is 11.8. The lowest BCUT2D eigenvalue weighted by Crippen LogP contribution is -2.50. The number of nitrogens with zero attached hydrogens (tertiary/aromatic N) is 5. The van der Waals surface area contributed by atoms with E-state index >= 15 is 0 Å². The van der Waals surface area contributed by atoms with E-state index in [-0.39, 0.29) is 5.91 Å². The third kappa shape index (κ3) is 3.32. The summed E-state index contributed by atoms with van der Waals surface area (Å²) in [6.07, 6.45) is 12.4. The van der Waals surface area contributed by atoms with E-state index in [1.54, 1.807) is 0 Å². The highest BCUT2D eigenvalue weighted by Gasteiger charge is 2.35. The number of piperidine rings is 1. The highest BCUT2D eigenvalue weighted by atomic mass is 32.2. The number of fused-ring (bicyclic) bond motifs is 1. The molecule has 6 nitrogen and oxygen atoms in total. The van der Waals surface area contributed by atoms with Gasteiger partial charge in [-0.05, 0) is 54.9 Å². The highest BCUT2D eigenvalue weighted by molar-refractivity contribution is 7.99. The number of hydrogen-bond donors (Lipinski definition) is 0. The molecule has 24 heavy (non-hydrogen) atoms. The average Bonchev–Trinajstić information content (AvgIpc) is 3.30. The summed E-state index contributed by atoms with van der Waals surface area (Å²) in [5.74, 6) is 1.49. The molecule has 1 aliphatic heterocycles. The van der Waals surface area contributed by atoms with Crippen LogP contribution in [0.1, 0.15) is 70.3 Å². The first kappa shape index (κ1) is 16.4. The average molecular weight is 350 g/mol. The van der Waals surface area contributed by atoms with Crippen molar-refractivity contribution >= 4 is 17.7 Å². The van der Waals surface area contributed by atoms with Crippen LogP contribution in [-0.2, 0) is 4.79 Å². The van der Waals surface area contributed by atoms with Crippen molar-refractivity contribution in [2.75, 3.05) is 12.3 Å². The van der Waals surface area contributed by atoms with Gasteiger partial charge in [0, 0.05) is 12.6 Å². The van der Waals surface area contributed by atoms with Crippen molar-refractivity contribution in [1.29, 1.82) is 0 Å². The Morgan fingerprint density at radius 3 is 2.67 bits per heavy atom. The maximum Gasteiger partial charge on any atom is 0.233 e. The van der Waals surface area contributed by atoms with Crippen LogP contribution in [0.25, 0.3) is 0 Å². The summed E-state index contributed by atoms with van der Waals surface area (Å²) in [4.78, 5) is 15.0. The molecular formula is C17H27N5OS. The molecule has 0 N–H and O–H groups in total. The highest BCUT2D eigenvalue weighted by Crippen LogP contribution is 2.36. The molecule has 2 aliphatic carbocycles. The first-order valence-corrected chi connectivity index (χ1v) is 10.5. The maximum absolute atomic E-state index is 12.8. The second kappa shape index (κ2) is 7.42. The van der Waals surface area contributed by atoms with Crippen LogP contribution >= 0.6 is 11.8 Å². The Balaban J connectivity index is 1.37. The normalized spacial score (nSPS) is 28.1. The van der Waals surface area contributed by atoms with Gasteiger partial charge < -0.3 is 4.90 Å². The summed E-state index contributed by atoms with van der Waals surface area (Å²) < 4.78 is 1.95. The molecule has 2 atom stereocenters. The predicted octanol–water partition coefficient (Wildman–Crippen LogP) is 3.06. The van der Waals surface area contributed by atoms with Gasteiger partial charge in [0.25, 0.3) is 0 Å². The molecule has 1 amide bonds. The van der Waals surface area contributed by atoms with Crippen LogP contribution in [0, 0.1) is 5.92 Å². The van der Waals surface area contributed by atoms with Gasteiger partial charge in [0.1, 0.15) is 0 Å². The van der Waals surface area contributed by atoms with Crippen molar-refractivity contribution in [3.63, 3.8) is 0 Å². The Bertz CT molecular complexity index is 569. The minimum absolute atomic E-state index is 0.276. The van der Waals surface area contributed by atoms with Crippen LogP contribution in [0.15, 0.2) is 5.16 Å². The van der Waals surface area contributed by atoms with Gasteiger partial charge in [-0.2, -0.15) is 0 Å². The van der Waals surface area contributed by atoms with Crippen molar-refractivity contribution in [1.82, 2.24) is 25.1 Å². The van der Waals surface area contributed by atoms with Gasteiger partial charge in [0.05, 0.1) is 11.8 Å². The van der Waals surface area contributed by atoms with E-state index < -0.39 is 0 Å². The lowest BCUT2D eigenvalue weighted by molar-refractivity contribution is -0.134. The van der Waals surface area contributed by atoms with E-state index in [1.165, 1.54) is 56.7 Å². The Hall–Kier alpha value is -1.11. The van der Waals surface area contributed by atoms with Gasteiger partial charge in [-0.3, -0.25) is 4.79 Å². The number of aromatic nitrogens is 4. The molecule has 4 rings (SSSR count). The lowest BCUT2D eigenvalue weighted by atomic mass is 9.78. The minimum atomic E-state index is 0.276. The Morgan fingerprint density at radius 2 is 1.79 bits per heavy atom. The molecule has 0 spiro atoms. The van der Waals surface area contributed by atoms with E-state index in [9.17, 15) is 4.79 Å². The zero-order valence-electron chi connectivity index (χ0n) is 14.3. The van der Waals surface area contributed by atoms with E-state index in [0.29, 0.717) is 17.8 Å². The third-order valence-electron chi connectivity index (χ3n) is 6.02. The Labute approximate surface area is 147 Å². The number of thioether (sulfide) groups is 1. The number of carbonyl (C=O) groups excluding carboxylic acids is 1. The van der Waals surface area contributed by atoms with E-state index in [0.717, 1.165) is 36.9 Å². The molecular weight excluding hydrogens is 322 g/mol. The fraction of sp³-hybridized carbons (Fsp3) is 0.882. The molecule has 1 aromatic heterocycles. The molecule has 1 aromatic rings. The number of rotatable bonds is 4. The Kier molecular flexibility index (Phi) is 5.06. The van der Waals surface area contributed by atoms with Crippen molar-refractivity contribution in [3.05, 3.63) is 0 Å². The van der Waals surface area contributed by atoms with Gasteiger partial charge >= 0.3 is 0 Å². The molecule has 0 aromatic carbocycles. The Morgan fingerprint density at radius 1 is 1.04 bits per heavy atom. The molecule has 2 saturated carbocycles. The third-order valence-corrected chi connectivity index (χ3v) is 6.94. The van der Waals surface area contributed by atoms with E-state index in [2.05, 4.69) is 20.4 Å². The van der Waals surface area contributed by atoms with Crippen molar-refractivity contribution < 1.29 is 4.79 Å². The van der Waals surface area contributed by atoms with Crippen LogP contribution in [0.3, 0.4) is 0 Å². The first-order valence-electron chi connectivity index (χ1n) is 9.53. The minimum Gasteiger partial charge on any atom is -0.339 e. The maximum atomic E-state index is 12.8. The molecule has 0 bridgehead atoms. The van der Waals surface area contributed by atoms with Crippen molar-refractivity contribution in [2.45, 2.75) is 81.4 Å². The largest absolute Gasteiger partial charge is 0.339 e. The summed E-state index contributed by atoms with van der Waals surface area (Å²) >= 11 is 1.52. The number of tetrazole rings is 1. The van der Waals surface area contributed by atoms with Crippen LogP contribution in [0.2, 0.25) is 0 Å². The lowest BCUT2D eigenvalue weighted by Gasteiger charge is -2.44. The van der Waals surface area contributed by atoms with Gasteiger partial charge in [-0.25, -0.2) is 4.68 Å². The van der Waals surface area contributed by atoms with Gasteiger partial charge in [-0.15, -0.1) is 5.10 Å².